The van der Waals surface area contributed by atoms with Gasteiger partial charge in [-0.25, -0.2) is 4.98 Å². The van der Waals surface area contributed by atoms with E-state index >= 15 is 0 Å². The molecule has 2 N–H and O–H groups in total. The van der Waals surface area contributed by atoms with Crippen LogP contribution in [0.2, 0.25) is 0 Å². The molecule has 0 saturated carbocycles. The number of carboxylic acid groups (broad SMARTS) is 1. The Labute approximate surface area is 140 Å². The monoisotopic (exact) mass is 327 g/mol. The minimum absolute atomic E-state index is 0.189. The number of hydrogen-bond acceptors (Lipinski definition) is 3. The molecule has 6 nitrogen and oxygen atoms in total. The van der Waals surface area contributed by atoms with E-state index in [0.29, 0.717) is 25.8 Å². The molecule has 3 rings (SSSR count). The van der Waals surface area contributed by atoms with Crippen molar-refractivity contribution in [1.82, 2.24) is 14.7 Å². The van der Waals surface area contributed by atoms with Crippen LogP contribution in [0.4, 0.5) is 0 Å². The Morgan fingerprint density at radius 3 is 2.83 bits per heavy atom. The number of carbonyl (C=O) groups is 2. The number of carbonyl (C=O) groups excluding carboxylic acids is 1. The third-order valence-corrected chi connectivity index (χ3v) is 4.43. The molecule has 0 radical (unpaired) electrons. The van der Waals surface area contributed by atoms with Crippen LogP contribution in [0.3, 0.4) is 0 Å². The van der Waals surface area contributed by atoms with Gasteiger partial charge in [-0.05, 0) is 37.5 Å². The van der Waals surface area contributed by atoms with E-state index < -0.39 is 17.8 Å². The van der Waals surface area contributed by atoms with Crippen LogP contribution in [-0.2, 0) is 16.0 Å². The van der Waals surface area contributed by atoms with Gasteiger partial charge in [-0.15, -0.1) is 0 Å². The van der Waals surface area contributed by atoms with Gasteiger partial charge in [0.1, 0.15) is 5.65 Å². The number of fused-ring (bicyclic) bond motifs is 1. The fraction of sp³-hybridized carbons (Fsp3) is 0.389. The zero-order chi connectivity index (χ0) is 17.1. The Kier molecular flexibility index (Phi) is 4.64. The number of nitrogens with one attached hydrogen (secondary N) is 1. The normalized spacial score (nSPS) is 20.2. The van der Waals surface area contributed by atoms with E-state index in [1.165, 1.54) is 0 Å². The minimum Gasteiger partial charge on any atom is -0.481 e. The number of hydrogen-bond donors (Lipinski definition) is 2. The fourth-order valence-corrected chi connectivity index (χ4v) is 3.08. The first kappa shape index (κ1) is 16.2. The first-order valence-electron chi connectivity index (χ1n) is 8.14. The summed E-state index contributed by atoms with van der Waals surface area (Å²) in [5.41, 5.74) is 2.94. The van der Waals surface area contributed by atoms with Crippen LogP contribution in [0.5, 0.6) is 0 Å². The lowest BCUT2D eigenvalue weighted by Gasteiger charge is -2.24. The summed E-state index contributed by atoms with van der Waals surface area (Å²) in [6.07, 6.45) is 9.15. The van der Waals surface area contributed by atoms with Gasteiger partial charge in [0.2, 0.25) is 5.91 Å². The molecule has 2 atom stereocenters. The molecule has 2 aromatic heterocycles. The number of aryl methyl sites for hydroxylation is 1. The number of carboxylic acids is 1. The lowest BCUT2D eigenvalue weighted by Crippen LogP contribution is -2.39. The van der Waals surface area contributed by atoms with Crippen LogP contribution in [-0.4, -0.2) is 32.9 Å². The van der Waals surface area contributed by atoms with Crippen LogP contribution in [0.1, 0.15) is 24.1 Å². The summed E-state index contributed by atoms with van der Waals surface area (Å²) in [5.74, 6) is -2.22. The Hall–Kier alpha value is -2.63. The third kappa shape index (κ3) is 3.48. The van der Waals surface area contributed by atoms with Gasteiger partial charge in [0.05, 0.1) is 17.5 Å². The smallest absolute Gasteiger partial charge is 0.307 e. The van der Waals surface area contributed by atoms with Crippen molar-refractivity contribution in [2.45, 2.75) is 26.2 Å². The van der Waals surface area contributed by atoms with Crippen LogP contribution >= 0.6 is 0 Å². The highest BCUT2D eigenvalue weighted by Gasteiger charge is 2.33. The molecule has 1 aliphatic rings. The van der Waals surface area contributed by atoms with E-state index in [0.717, 1.165) is 16.9 Å². The summed E-state index contributed by atoms with van der Waals surface area (Å²) in [4.78, 5) is 28.1. The molecule has 0 aliphatic heterocycles. The molecule has 0 bridgehead atoms. The quantitative estimate of drug-likeness (QED) is 0.823. The first-order valence-corrected chi connectivity index (χ1v) is 8.14. The second-order valence-corrected chi connectivity index (χ2v) is 6.24. The van der Waals surface area contributed by atoms with Crippen molar-refractivity contribution in [3.63, 3.8) is 0 Å². The third-order valence-electron chi connectivity index (χ3n) is 4.43. The number of nitrogens with zero attached hydrogens (tertiary/aromatic N) is 2. The zero-order valence-corrected chi connectivity index (χ0v) is 13.6. The number of pyridine rings is 1. The highest BCUT2D eigenvalue weighted by Crippen LogP contribution is 2.25. The summed E-state index contributed by atoms with van der Waals surface area (Å²) in [5, 5.41) is 12.1. The second kappa shape index (κ2) is 6.86. The minimum atomic E-state index is -0.907. The standard InChI is InChI=1S/C18H21N3O3/c1-12-7-9-21-11-13(20-16(21)10-12)6-8-19-17(22)14-4-2-3-5-15(14)18(23)24/h2-3,7,9-11,14-15H,4-6,8H2,1H3,(H,19,22)(H,23,24)/t14-,15-/m0/s1. The van der Waals surface area contributed by atoms with Gasteiger partial charge in [0.15, 0.2) is 0 Å². The van der Waals surface area contributed by atoms with E-state index in [9.17, 15) is 14.7 Å². The average Bonchev–Trinajstić information content (AvgIpc) is 2.96. The van der Waals surface area contributed by atoms with Crippen LogP contribution in [0, 0.1) is 18.8 Å². The number of allylic oxidation sites excluding steroid dienone is 2. The summed E-state index contributed by atoms with van der Waals surface area (Å²) >= 11 is 0. The maximum Gasteiger partial charge on any atom is 0.307 e. The molecular weight excluding hydrogens is 306 g/mol. The lowest BCUT2D eigenvalue weighted by molar-refractivity contribution is -0.147. The van der Waals surface area contributed by atoms with E-state index in [1.807, 2.05) is 48.0 Å². The van der Waals surface area contributed by atoms with Gasteiger partial charge in [-0.2, -0.15) is 0 Å². The first-order chi connectivity index (χ1) is 11.5. The molecule has 126 valence electrons. The van der Waals surface area contributed by atoms with Crippen molar-refractivity contribution >= 4 is 17.5 Å². The zero-order valence-electron chi connectivity index (χ0n) is 13.6. The van der Waals surface area contributed by atoms with Crippen molar-refractivity contribution in [2.75, 3.05) is 6.54 Å². The Morgan fingerprint density at radius 2 is 2.08 bits per heavy atom. The number of aromatic nitrogens is 2. The summed E-state index contributed by atoms with van der Waals surface area (Å²) in [6.45, 7) is 2.47. The van der Waals surface area contributed by atoms with Gasteiger partial charge in [-0.1, -0.05) is 12.2 Å². The van der Waals surface area contributed by atoms with E-state index in [1.54, 1.807) is 0 Å². The van der Waals surface area contributed by atoms with Gasteiger partial charge in [0, 0.05) is 25.4 Å². The van der Waals surface area contributed by atoms with Crippen molar-refractivity contribution in [2.24, 2.45) is 11.8 Å². The molecule has 6 heteroatoms. The molecule has 0 saturated heterocycles. The van der Waals surface area contributed by atoms with Gasteiger partial charge in [-0.3, -0.25) is 9.59 Å². The molecule has 0 aromatic carbocycles. The maximum atomic E-state index is 12.3. The lowest BCUT2D eigenvalue weighted by atomic mass is 9.82. The fourth-order valence-electron chi connectivity index (χ4n) is 3.08. The molecule has 0 spiro atoms. The summed E-state index contributed by atoms with van der Waals surface area (Å²) in [6, 6.07) is 4.02. The van der Waals surface area contributed by atoms with Crippen molar-refractivity contribution in [3.8, 4) is 0 Å². The van der Waals surface area contributed by atoms with E-state index in [-0.39, 0.29) is 5.91 Å². The molecule has 24 heavy (non-hydrogen) atoms. The molecule has 2 heterocycles. The Bertz CT molecular complexity index is 794. The maximum absolute atomic E-state index is 12.3. The van der Waals surface area contributed by atoms with E-state index in [2.05, 4.69) is 10.3 Å². The SMILES string of the molecule is Cc1ccn2cc(CCNC(=O)[C@H]3CC=CC[C@@H]3C(=O)O)nc2c1. The second-order valence-electron chi connectivity index (χ2n) is 6.24. The van der Waals surface area contributed by atoms with Gasteiger partial charge in [0.25, 0.3) is 0 Å². The van der Waals surface area contributed by atoms with Gasteiger partial charge >= 0.3 is 5.97 Å². The predicted molar refractivity (Wildman–Crippen MR) is 89.6 cm³/mol. The Balaban J connectivity index is 1.57. The van der Waals surface area contributed by atoms with Crippen LogP contribution < -0.4 is 5.32 Å². The molecule has 2 aromatic rings. The van der Waals surface area contributed by atoms with Crippen LogP contribution in [0.15, 0.2) is 36.7 Å². The molecule has 0 fully saturated rings. The van der Waals surface area contributed by atoms with Crippen molar-refractivity contribution < 1.29 is 14.7 Å². The molecule has 1 aliphatic carbocycles. The highest BCUT2D eigenvalue weighted by molar-refractivity contribution is 5.85. The number of imidazole rings is 1. The van der Waals surface area contributed by atoms with Crippen molar-refractivity contribution in [1.29, 1.82) is 0 Å². The topological polar surface area (TPSA) is 83.7 Å². The molecule has 0 unspecified atom stereocenters. The summed E-state index contributed by atoms with van der Waals surface area (Å²) in [7, 11) is 0. The number of rotatable bonds is 5. The largest absolute Gasteiger partial charge is 0.481 e. The predicted octanol–water partition coefficient (Wildman–Crippen LogP) is 1.97. The number of amides is 1. The number of aliphatic carboxylic acids is 1. The Morgan fingerprint density at radius 1 is 1.33 bits per heavy atom. The molecular formula is C18H21N3O3. The summed E-state index contributed by atoms with van der Waals surface area (Å²) < 4.78 is 1.95. The average molecular weight is 327 g/mol. The van der Waals surface area contributed by atoms with Crippen molar-refractivity contribution in [3.05, 3.63) is 47.9 Å². The van der Waals surface area contributed by atoms with Gasteiger partial charge < -0.3 is 14.8 Å². The van der Waals surface area contributed by atoms with E-state index in [4.69, 9.17) is 0 Å². The van der Waals surface area contributed by atoms with Crippen LogP contribution in [0.25, 0.3) is 5.65 Å². The highest BCUT2D eigenvalue weighted by atomic mass is 16.4. The molecule has 1 amide bonds.